The molecule has 2 heterocycles. The van der Waals surface area contributed by atoms with Crippen molar-refractivity contribution in [1.82, 2.24) is 14.8 Å². The normalized spacial score (nSPS) is 11.3. The molecule has 2 aromatic heterocycles. The molecule has 0 fully saturated rings. The lowest BCUT2D eigenvalue weighted by atomic mass is 10.2. The van der Waals surface area contributed by atoms with Crippen molar-refractivity contribution in [2.24, 2.45) is 0 Å². The van der Waals surface area contributed by atoms with Crippen LogP contribution in [-0.4, -0.2) is 23.2 Å². The third kappa shape index (κ3) is 3.24. The maximum Gasteiger partial charge on any atom is 0.263 e. The van der Waals surface area contributed by atoms with Gasteiger partial charge >= 0.3 is 0 Å². The number of hydrogen-bond donors (Lipinski definition) is 1. The molecule has 3 aromatic rings. The van der Waals surface area contributed by atoms with E-state index in [0.717, 1.165) is 12.0 Å². The fourth-order valence-corrected chi connectivity index (χ4v) is 3.19. The predicted octanol–water partition coefficient (Wildman–Crippen LogP) is 2.63. The largest absolute Gasteiger partial charge is 0.263 e. The monoisotopic (exact) mass is 328 g/mol. The van der Waals surface area contributed by atoms with Crippen molar-refractivity contribution in [2.75, 3.05) is 4.72 Å². The Kier molecular flexibility index (Phi) is 4.12. The first-order valence-corrected chi connectivity index (χ1v) is 8.65. The number of hydrogen-bond acceptors (Lipinski definition) is 4. The Morgan fingerprint density at radius 2 is 1.83 bits per heavy atom. The van der Waals surface area contributed by atoms with E-state index in [1.807, 2.05) is 25.1 Å². The van der Waals surface area contributed by atoms with Crippen LogP contribution < -0.4 is 4.72 Å². The highest BCUT2D eigenvalue weighted by Gasteiger charge is 2.17. The zero-order valence-corrected chi connectivity index (χ0v) is 13.4. The molecule has 118 valence electrons. The van der Waals surface area contributed by atoms with Crippen molar-refractivity contribution >= 4 is 15.8 Å². The third-order valence-corrected chi connectivity index (χ3v) is 4.76. The molecule has 0 bridgehead atoms. The molecule has 3 rings (SSSR count). The van der Waals surface area contributed by atoms with Gasteiger partial charge in [-0.1, -0.05) is 25.1 Å². The SMILES string of the molecule is CCc1ccc(S(=O)(=O)Nc2ccnn2-c2ccccn2)cc1. The van der Waals surface area contributed by atoms with Gasteiger partial charge in [-0.2, -0.15) is 9.78 Å². The average Bonchev–Trinajstić information content (AvgIpc) is 3.03. The zero-order valence-electron chi connectivity index (χ0n) is 12.5. The number of benzene rings is 1. The lowest BCUT2D eigenvalue weighted by Gasteiger charge is -2.10. The minimum Gasteiger partial charge on any atom is -0.263 e. The molecule has 7 heteroatoms. The molecule has 0 unspecified atom stereocenters. The van der Waals surface area contributed by atoms with Crippen molar-refractivity contribution in [3.63, 3.8) is 0 Å². The van der Waals surface area contributed by atoms with Gasteiger partial charge in [0.2, 0.25) is 0 Å². The fourth-order valence-electron chi connectivity index (χ4n) is 2.14. The van der Waals surface area contributed by atoms with Gasteiger partial charge in [0, 0.05) is 12.3 Å². The van der Waals surface area contributed by atoms with Gasteiger partial charge in [-0.25, -0.2) is 13.4 Å². The van der Waals surface area contributed by atoms with Crippen molar-refractivity contribution in [2.45, 2.75) is 18.2 Å². The number of anilines is 1. The Balaban J connectivity index is 1.91. The standard InChI is InChI=1S/C16H16N4O2S/c1-2-13-6-8-14(9-7-13)23(21,22)19-16-10-12-18-20(16)15-5-3-4-11-17-15/h3-12,19H,2H2,1H3. The molecule has 1 aromatic carbocycles. The zero-order chi connectivity index (χ0) is 16.3. The highest BCUT2D eigenvalue weighted by Crippen LogP contribution is 2.18. The summed E-state index contributed by atoms with van der Waals surface area (Å²) < 4.78 is 29.0. The molecule has 0 saturated heterocycles. The Morgan fingerprint density at radius 1 is 1.04 bits per heavy atom. The number of nitrogens with zero attached hydrogens (tertiary/aromatic N) is 3. The molecule has 6 nitrogen and oxygen atoms in total. The van der Waals surface area contributed by atoms with E-state index in [4.69, 9.17) is 0 Å². The fraction of sp³-hybridized carbons (Fsp3) is 0.125. The van der Waals surface area contributed by atoms with Crippen LogP contribution >= 0.6 is 0 Å². The average molecular weight is 328 g/mol. The third-order valence-electron chi connectivity index (χ3n) is 3.39. The van der Waals surface area contributed by atoms with Crippen LogP contribution in [0.3, 0.4) is 0 Å². The second kappa shape index (κ2) is 6.21. The van der Waals surface area contributed by atoms with Gasteiger partial charge in [-0.15, -0.1) is 0 Å². The van der Waals surface area contributed by atoms with Crippen LogP contribution in [0.15, 0.2) is 65.8 Å². The van der Waals surface area contributed by atoms with Gasteiger partial charge in [0.1, 0.15) is 5.82 Å². The molecular formula is C16H16N4O2S. The Morgan fingerprint density at radius 3 is 2.48 bits per heavy atom. The molecule has 0 amide bonds. The van der Waals surface area contributed by atoms with Crippen LogP contribution in [0.4, 0.5) is 5.82 Å². The lowest BCUT2D eigenvalue weighted by molar-refractivity contribution is 0.600. The van der Waals surface area contributed by atoms with Crippen LogP contribution in [-0.2, 0) is 16.4 Å². The first kappa shape index (κ1) is 15.2. The van der Waals surface area contributed by atoms with Gasteiger partial charge in [0.05, 0.1) is 11.1 Å². The molecule has 0 radical (unpaired) electrons. The van der Waals surface area contributed by atoms with Crippen LogP contribution in [0.2, 0.25) is 0 Å². The van der Waals surface area contributed by atoms with E-state index >= 15 is 0 Å². The maximum absolute atomic E-state index is 12.5. The van der Waals surface area contributed by atoms with E-state index in [1.54, 1.807) is 36.5 Å². The number of rotatable bonds is 5. The summed E-state index contributed by atoms with van der Waals surface area (Å²) in [6, 6.07) is 13.8. The van der Waals surface area contributed by atoms with Crippen molar-refractivity contribution < 1.29 is 8.42 Å². The van der Waals surface area contributed by atoms with Crippen LogP contribution in [0.25, 0.3) is 5.82 Å². The number of aryl methyl sites for hydroxylation is 1. The van der Waals surface area contributed by atoms with Gasteiger partial charge < -0.3 is 0 Å². The van der Waals surface area contributed by atoms with Crippen molar-refractivity contribution in [3.8, 4) is 5.82 Å². The van der Waals surface area contributed by atoms with Crippen LogP contribution in [0.5, 0.6) is 0 Å². The van der Waals surface area contributed by atoms with E-state index in [9.17, 15) is 8.42 Å². The molecule has 0 saturated carbocycles. The number of aromatic nitrogens is 3. The Hall–Kier alpha value is -2.67. The van der Waals surface area contributed by atoms with Gasteiger partial charge in [-0.3, -0.25) is 4.72 Å². The Labute approximate surface area is 134 Å². The van der Waals surface area contributed by atoms with Gasteiger partial charge in [0.25, 0.3) is 10.0 Å². The van der Waals surface area contributed by atoms with E-state index in [0.29, 0.717) is 11.6 Å². The summed E-state index contributed by atoms with van der Waals surface area (Å²) in [5, 5.41) is 4.12. The second-order valence-corrected chi connectivity index (χ2v) is 6.60. The highest BCUT2D eigenvalue weighted by molar-refractivity contribution is 7.92. The summed E-state index contributed by atoms with van der Waals surface area (Å²) in [6.07, 6.45) is 4.01. The number of nitrogens with one attached hydrogen (secondary N) is 1. The number of sulfonamides is 1. The topological polar surface area (TPSA) is 76.9 Å². The number of pyridine rings is 1. The maximum atomic E-state index is 12.5. The smallest absolute Gasteiger partial charge is 0.263 e. The van der Waals surface area contributed by atoms with Gasteiger partial charge in [-0.05, 0) is 36.2 Å². The molecular weight excluding hydrogens is 312 g/mol. The molecule has 0 aliphatic carbocycles. The Bertz CT molecular complexity index is 887. The molecule has 0 atom stereocenters. The minimum absolute atomic E-state index is 0.212. The minimum atomic E-state index is -3.68. The summed E-state index contributed by atoms with van der Waals surface area (Å²) in [5.74, 6) is 0.875. The molecule has 1 N–H and O–H groups in total. The van der Waals surface area contributed by atoms with E-state index in [-0.39, 0.29) is 4.90 Å². The molecule has 0 aliphatic heterocycles. The first-order chi connectivity index (χ1) is 11.1. The quantitative estimate of drug-likeness (QED) is 0.781. The summed E-state index contributed by atoms with van der Waals surface area (Å²) >= 11 is 0. The molecule has 0 aliphatic rings. The second-order valence-electron chi connectivity index (χ2n) is 4.92. The van der Waals surface area contributed by atoms with Gasteiger partial charge in [0.15, 0.2) is 5.82 Å². The highest BCUT2D eigenvalue weighted by atomic mass is 32.2. The van der Waals surface area contributed by atoms with E-state index in [2.05, 4.69) is 14.8 Å². The summed E-state index contributed by atoms with van der Waals surface area (Å²) in [5.41, 5.74) is 1.09. The summed E-state index contributed by atoms with van der Waals surface area (Å²) in [6.45, 7) is 2.02. The van der Waals surface area contributed by atoms with Crippen LogP contribution in [0.1, 0.15) is 12.5 Å². The van der Waals surface area contributed by atoms with E-state index < -0.39 is 10.0 Å². The predicted molar refractivity (Wildman–Crippen MR) is 88.0 cm³/mol. The van der Waals surface area contributed by atoms with Crippen LogP contribution in [0, 0.1) is 0 Å². The molecule has 23 heavy (non-hydrogen) atoms. The molecule has 0 spiro atoms. The first-order valence-electron chi connectivity index (χ1n) is 7.17. The lowest BCUT2D eigenvalue weighted by Crippen LogP contribution is -2.16. The summed E-state index contributed by atoms with van der Waals surface area (Å²) in [7, 11) is -3.68. The van der Waals surface area contributed by atoms with E-state index in [1.165, 1.54) is 10.9 Å². The van der Waals surface area contributed by atoms with Crippen molar-refractivity contribution in [3.05, 3.63) is 66.5 Å². The van der Waals surface area contributed by atoms with Crippen molar-refractivity contribution in [1.29, 1.82) is 0 Å². The summed E-state index contributed by atoms with van der Waals surface area (Å²) in [4.78, 5) is 4.38.